The Balaban J connectivity index is 1.46. The molecule has 2 aliphatic rings. The van der Waals surface area contributed by atoms with E-state index in [0.717, 1.165) is 31.7 Å². The number of hydrogen-bond donors (Lipinski definition) is 3. The number of aliphatic hydroxyl groups is 1. The summed E-state index contributed by atoms with van der Waals surface area (Å²) in [4.78, 5) is 26.4. The molecule has 1 aliphatic heterocycles. The van der Waals surface area contributed by atoms with Crippen LogP contribution < -0.4 is 15.4 Å². The smallest absolute Gasteiger partial charge is 0.322 e. The van der Waals surface area contributed by atoms with Crippen molar-refractivity contribution in [3.8, 4) is 5.75 Å². The molecule has 1 saturated carbocycles. The topological polar surface area (TPSA) is 90.9 Å². The Hall–Kier alpha value is -2.90. The molecule has 2 aromatic carbocycles. The van der Waals surface area contributed by atoms with Crippen molar-refractivity contribution < 1.29 is 19.4 Å². The lowest BCUT2D eigenvalue weighted by molar-refractivity contribution is -0.130. The number of rotatable bonds is 9. The van der Waals surface area contributed by atoms with Gasteiger partial charge in [-0.3, -0.25) is 15.0 Å². The van der Waals surface area contributed by atoms with Crippen LogP contribution in [0.3, 0.4) is 0 Å². The summed E-state index contributed by atoms with van der Waals surface area (Å²) in [6.07, 6.45) is 3.67. The molecule has 1 saturated heterocycles. The number of aryl methyl sites for hydroxylation is 2. The van der Waals surface area contributed by atoms with Gasteiger partial charge in [-0.05, 0) is 87.7 Å². The van der Waals surface area contributed by atoms with Crippen LogP contribution in [0.4, 0.5) is 4.79 Å². The van der Waals surface area contributed by atoms with Crippen LogP contribution in [0.1, 0.15) is 55.7 Å². The van der Waals surface area contributed by atoms with Crippen molar-refractivity contribution in [1.82, 2.24) is 15.5 Å². The largest absolute Gasteiger partial charge is 0.497 e. The summed E-state index contributed by atoms with van der Waals surface area (Å²) in [5, 5.41) is 16.9. The summed E-state index contributed by atoms with van der Waals surface area (Å²) in [5.41, 5.74) is 1.92. The minimum atomic E-state index is -0.931. The number of urea groups is 1. The van der Waals surface area contributed by atoms with Crippen LogP contribution in [-0.4, -0.2) is 52.8 Å². The summed E-state index contributed by atoms with van der Waals surface area (Å²) < 4.78 is 5.40. The Morgan fingerprint density at radius 2 is 1.80 bits per heavy atom. The lowest BCUT2D eigenvalue weighted by atomic mass is 9.71. The second kappa shape index (κ2) is 10.4. The lowest BCUT2D eigenvalue weighted by Gasteiger charge is -2.47. The van der Waals surface area contributed by atoms with Gasteiger partial charge in [0.2, 0.25) is 0 Å². The predicted molar refractivity (Wildman–Crippen MR) is 135 cm³/mol. The fraction of sp³-hybridized carbons (Fsp3) is 0.500. The number of carbonyl (C=O) groups is 2. The number of nitrogens with one attached hydrogen (secondary N) is 2. The Kier molecular flexibility index (Phi) is 7.47. The molecule has 7 nitrogen and oxygen atoms in total. The number of carbonyl (C=O) groups excluding carboxylic acids is 2. The maximum Gasteiger partial charge on any atom is 0.322 e. The number of ether oxygens (including phenoxy) is 1. The fourth-order valence-electron chi connectivity index (χ4n) is 5.49. The molecule has 3 N–H and O–H groups in total. The number of imide groups is 1. The highest BCUT2D eigenvalue weighted by Crippen LogP contribution is 2.40. The number of amides is 3. The normalized spacial score (nSPS) is 24.9. The molecule has 1 spiro atoms. The minimum absolute atomic E-state index is 0.105. The molecular weight excluding hydrogens is 442 g/mol. The van der Waals surface area contributed by atoms with E-state index in [1.54, 1.807) is 7.11 Å². The van der Waals surface area contributed by atoms with Crippen LogP contribution in [0.25, 0.3) is 0 Å². The monoisotopic (exact) mass is 479 g/mol. The summed E-state index contributed by atoms with van der Waals surface area (Å²) >= 11 is 0. The van der Waals surface area contributed by atoms with E-state index < -0.39 is 17.2 Å². The van der Waals surface area contributed by atoms with E-state index in [1.807, 2.05) is 24.3 Å². The highest BCUT2D eigenvalue weighted by atomic mass is 16.5. The van der Waals surface area contributed by atoms with E-state index in [4.69, 9.17) is 4.74 Å². The molecule has 0 bridgehead atoms. The SMILES string of the molecule is COc1ccc(C)c(CCCN(Cc2ccccc2)[C@H](C)[C@]2(O)CC[C@@]3(CC2)NC(=O)NC3=O)c1. The number of benzene rings is 2. The third-order valence-corrected chi connectivity index (χ3v) is 7.99. The number of hydrogen-bond acceptors (Lipinski definition) is 5. The van der Waals surface area contributed by atoms with Crippen LogP contribution in [-0.2, 0) is 17.8 Å². The first kappa shape index (κ1) is 25.2. The van der Waals surface area contributed by atoms with E-state index in [1.165, 1.54) is 16.7 Å². The molecule has 7 heteroatoms. The molecule has 2 fully saturated rings. The summed E-state index contributed by atoms with van der Waals surface area (Å²) in [5.74, 6) is 0.598. The van der Waals surface area contributed by atoms with Gasteiger partial charge < -0.3 is 15.2 Å². The van der Waals surface area contributed by atoms with Crippen LogP contribution in [0.15, 0.2) is 48.5 Å². The van der Waals surface area contributed by atoms with Gasteiger partial charge in [-0.25, -0.2) is 4.79 Å². The molecule has 0 radical (unpaired) electrons. The van der Waals surface area contributed by atoms with Crippen molar-refractivity contribution in [2.45, 2.75) is 76.1 Å². The van der Waals surface area contributed by atoms with E-state index in [2.05, 4.69) is 53.6 Å². The van der Waals surface area contributed by atoms with E-state index in [-0.39, 0.29) is 11.9 Å². The average Bonchev–Trinajstić information content (AvgIpc) is 3.14. The van der Waals surface area contributed by atoms with Crippen LogP contribution in [0, 0.1) is 6.92 Å². The molecule has 2 aromatic rings. The van der Waals surface area contributed by atoms with Gasteiger partial charge in [0.1, 0.15) is 11.3 Å². The van der Waals surface area contributed by atoms with Crippen molar-refractivity contribution in [1.29, 1.82) is 0 Å². The first-order valence-electron chi connectivity index (χ1n) is 12.5. The van der Waals surface area contributed by atoms with Gasteiger partial charge in [-0.15, -0.1) is 0 Å². The summed E-state index contributed by atoms with van der Waals surface area (Å²) in [7, 11) is 1.69. The maximum absolute atomic E-state index is 12.4. The quantitative estimate of drug-likeness (QED) is 0.477. The van der Waals surface area contributed by atoms with Gasteiger partial charge in [0.15, 0.2) is 0 Å². The Labute approximate surface area is 207 Å². The molecule has 1 aliphatic carbocycles. The van der Waals surface area contributed by atoms with Crippen LogP contribution >= 0.6 is 0 Å². The molecule has 188 valence electrons. The highest BCUT2D eigenvalue weighted by Gasteiger charge is 2.53. The first-order chi connectivity index (χ1) is 16.7. The maximum atomic E-state index is 12.4. The van der Waals surface area contributed by atoms with Gasteiger partial charge in [0.05, 0.1) is 12.7 Å². The van der Waals surface area contributed by atoms with Crippen LogP contribution in [0.2, 0.25) is 0 Å². The Morgan fingerprint density at radius 1 is 1.09 bits per heavy atom. The lowest BCUT2D eigenvalue weighted by Crippen LogP contribution is -2.59. The zero-order valence-electron chi connectivity index (χ0n) is 21.0. The molecule has 4 rings (SSSR count). The predicted octanol–water partition coefficient (Wildman–Crippen LogP) is 3.71. The second-order valence-corrected chi connectivity index (χ2v) is 10.1. The summed E-state index contributed by atoms with van der Waals surface area (Å²) in [6.45, 7) is 5.78. The van der Waals surface area contributed by atoms with Crippen molar-refractivity contribution >= 4 is 11.9 Å². The van der Waals surface area contributed by atoms with E-state index in [9.17, 15) is 14.7 Å². The third kappa shape index (κ3) is 5.52. The van der Waals surface area contributed by atoms with Gasteiger partial charge >= 0.3 is 6.03 Å². The van der Waals surface area contributed by atoms with Crippen molar-refractivity contribution in [3.63, 3.8) is 0 Å². The fourth-order valence-corrected chi connectivity index (χ4v) is 5.49. The Bertz CT molecular complexity index is 1050. The van der Waals surface area contributed by atoms with Crippen molar-refractivity contribution in [2.24, 2.45) is 0 Å². The van der Waals surface area contributed by atoms with Crippen molar-refractivity contribution in [2.75, 3.05) is 13.7 Å². The van der Waals surface area contributed by atoms with Crippen LogP contribution in [0.5, 0.6) is 5.75 Å². The molecule has 3 amide bonds. The molecule has 0 aromatic heterocycles. The molecule has 0 unspecified atom stereocenters. The standard InChI is InChI=1S/C28H37N3O4/c1-20-11-12-24(35-3)18-23(20)10-7-17-31(19-22-8-5-4-6-9-22)21(2)28(34)15-13-27(14-16-28)25(32)29-26(33)30-27/h4-6,8-9,11-12,18,21,34H,7,10,13-17,19H2,1-3H3,(H2,29,30,32,33)/t21-,27-,28-/m1/s1. The summed E-state index contributed by atoms with van der Waals surface area (Å²) in [6, 6.07) is 16.0. The van der Waals surface area contributed by atoms with Gasteiger partial charge in [-0.2, -0.15) is 0 Å². The van der Waals surface area contributed by atoms with Crippen molar-refractivity contribution in [3.05, 3.63) is 65.2 Å². The van der Waals surface area contributed by atoms with E-state index >= 15 is 0 Å². The number of nitrogens with zero attached hydrogens (tertiary/aromatic N) is 1. The highest BCUT2D eigenvalue weighted by molar-refractivity contribution is 6.07. The van der Waals surface area contributed by atoms with Gasteiger partial charge in [0.25, 0.3) is 5.91 Å². The zero-order chi connectivity index (χ0) is 25.1. The molecule has 35 heavy (non-hydrogen) atoms. The number of methoxy groups -OCH3 is 1. The molecule has 1 atom stereocenters. The third-order valence-electron chi connectivity index (χ3n) is 7.99. The van der Waals surface area contributed by atoms with E-state index in [0.29, 0.717) is 25.7 Å². The minimum Gasteiger partial charge on any atom is -0.497 e. The van der Waals surface area contributed by atoms with Gasteiger partial charge in [0, 0.05) is 12.6 Å². The Morgan fingerprint density at radius 3 is 2.43 bits per heavy atom. The second-order valence-electron chi connectivity index (χ2n) is 10.1. The van der Waals surface area contributed by atoms with Gasteiger partial charge in [-0.1, -0.05) is 36.4 Å². The first-order valence-corrected chi connectivity index (χ1v) is 12.5. The molecule has 1 heterocycles. The average molecular weight is 480 g/mol. The zero-order valence-corrected chi connectivity index (χ0v) is 21.0. The molecular formula is C28H37N3O4.